The van der Waals surface area contributed by atoms with Gasteiger partial charge in [0.2, 0.25) is 0 Å². The summed E-state index contributed by atoms with van der Waals surface area (Å²) in [5, 5.41) is 31.9. The van der Waals surface area contributed by atoms with E-state index in [2.05, 4.69) is 114 Å². The van der Waals surface area contributed by atoms with E-state index in [9.17, 15) is 15.3 Å². The van der Waals surface area contributed by atoms with E-state index in [0.29, 0.717) is 17.2 Å². The summed E-state index contributed by atoms with van der Waals surface area (Å²) in [7, 11) is 0. The van der Waals surface area contributed by atoms with Gasteiger partial charge in [-0.3, -0.25) is 0 Å². The molecule has 0 aliphatic carbocycles. The van der Waals surface area contributed by atoms with Gasteiger partial charge in [0.1, 0.15) is 17.2 Å². The molecule has 0 unspecified atom stereocenters. The molecular weight excluding hydrogens is 796 g/mol. The first kappa shape index (κ1) is 46.4. The Labute approximate surface area is 389 Å². The van der Waals surface area contributed by atoms with E-state index in [1.807, 2.05) is 127 Å². The Kier molecular flexibility index (Phi) is 15.5. The van der Waals surface area contributed by atoms with Gasteiger partial charge in [-0.25, -0.2) is 0 Å². The van der Waals surface area contributed by atoms with Crippen LogP contribution in [0.25, 0.3) is 66.8 Å². The molecule has 0 aliphatic heterocycles. The summed E-state index contributed by atoms with van der Waals surface area (Å²) >= 11 is 0. The maximum absolute atomic E-state index is 10.6. The van der Waals surface area contributed by atoms with Gasteiger partial charge in [-0.15, -0.1) is 0 Å². The first-order chi connectivity index (χ1) is 30.4. The Morgan fingerprint density at radius 2 is 0.328 bits per heavy atom. The van der Waals surface area contributed by atoms with Crippen molar-refractivity contribution in [3.63, 3.8) is 0 Å². The predicted molar refractivity (Wildman–Crippen MR) is 271 cm³/mol. The lowest BCUT2D eigenvalue weighted by Crippen LogP contribution is -1.85. The number of benzene rings is 9. The van der Waals surface area contributed by atoms with Gasteiger partial charge in [0.15, 0.2) is 0 Å². The largest absolute Gasteiger partial charge is 0.507 e. The fraction of sp³-hybridized carbons (Fsp3) is 0.100. The number of phenols is 3. The molecule has 0 saturated carbocycles. The number of phenolic OH excluding ortho intramolecular Hbond substituents is 3. The zero-order valence-corrected chi connectivity index (χ0v) is 38.6. The normalized spacial score (nSPS) is 10.4. The van der Waals surface area contributed by atoms with Crippen molar-refractivity contribution in [2.24, 2.45) is 0 Å². The molecule has 315 valence electrons. The van der Waals surface area contributed by atoms with Crippen LogP contribution in [0.2, 0.25) is 0 Å². The summed E-state index contributed by atoms with van der Waals surface area (Å²) in [4.78, 5) is 0. The molecular formula is C60H54AlO3. The van der Waals surface area contributed by atoms with Crippen molar-refractivity contribution in [2.75, 3.05) is 0 Å². The lowest BCUT2D eigenvalue weighted by atomic mass is 9.96. The highest BCUT2D eigenvalue weighted by molar-refractivity contribution is 5.84. The molecule has 0 fully saturated rings. The number of para-hydroxylation sites is 3. The number of rotatable bonds is 6. The molecule has 3 N–H and O–H groups in total. The maximum atomic E-state index is 10.6. The van der Waals surface area contributed by atoms with E-state index in [4.69, 9.17) is 0 Å². The fourth-order valence-corrected chi connectivity index (χ4v) is 7.43. The molecule has 0 spiro atoms. The molecule has 0 bridgehead atoms. The number of hydrogen-bond acceptors (Lipinski definition) is 3. The maximum Gasteiger partial charge on any atom is 0.131 e. The Morgan fingerprint density at radius 1 is 0.203 bits per heavy atom. The molecule has 0 amide bonds. The molecule has 0 aromatic heterocycles. The SMILES string of the molecule is Cc1ccc(-c2cccc(-c3ccc(C)cc3)c2O)cc1.Cc1ccc(-c2cccc(-c3ccc(C)cc3)c2O)cc1.Cc1ccc(-c2cccc(-c3ccc(C)cc3)c2O)cc1.[Al]. The van der Waals surface area contributed by atoms with Crippen LogP contribution in [-0.4, -0.2) is 32.7 Å². The van der Waals surface area contributed by atoms with Crippen LogP contribution in [0, 0.1) is 41.5 Å². The molecule has 9 rings (SSSR count). The third-order valence-corrected chi connectivity index (χ3v) is 11.3. The predicted octanol–water partition coefficient (Wildman–Crippen LogP) is 15.6. The van der Waals surface area contributed by atoms with Gasteiger partial charge in [0, 0.05) is 50.7 Å². The second kappa shape index (κ2) is 21.3. The molecule has 0 saturated heterocycles. The van der Waals surface area contributed by atoms with E-state index in [0.717, 1.165) is 66.8 Å². The highest BCUT2D eigenvalue weighted by Gasteiger charge is 2.13. The molecule has 9 aromatic rings. The second-order valence-corrected chi connectivity index (χ2v) is 16.3. The first-order valence-electron chi connectivity index (χ1n) is 21.3. The number of aromatic hydroxyl groups is 3. The summed E-state index contributed by atoms with van der Waals surface area (Å²) in [6.07, 6.45) is 0. The van der Waals surface area contributed by atoms with Crippen LogP contribution in [-0.2, 0) is 0 Å². The van der Waals surface area contributed by atoms with Crippen molar-refractivity contribution >= 4 is 17.4 Å². The van der Waals surface area contributed by atoms with Crippen LogP contribution >= 0.6 is 0 Å². The summed E-state index contributed by atoms with van der Waals surface area (Å²) in [5.41, 5.74) is 18.7. The van der Waals surface area contributed by atoms with Gasteiger partial charge in [0.05, 0.1) is 0 Å². The molecule has 0 heterocycles. The number of aryl methyl sites for hydroxylation is 6. The smallest absolute Gasteiger partial charge is 0.131 e. The average molecular weight is 850 g/mol. The lowest BCUT2D eigenvalue weighted by Gasteiger charge is -2.11. The van der Waals surface area contributed by atoms with Gasteiger partial charge >= 0.3 is 0 Å². The van der Waals surface area contributed by atoms with Gasteiger partial charge in [0.25, 0.3) is 0 Å². The lowest BCUT2D eigenvalue weighted by molar-refractivity contribution is 0.479. The van der Waals surface area contributed by atoms with Crippen LogP contribution in [0.5, 0.6) is 17.2 Å². The van der Waals surface area contributed by atoms with Crippen molar-refractivity contribution in [1.82, 2.24) is 0 Å². The quantitative estimate of drug-likeness (QED) is 0.146. The van der Waals surface area contributed by atoms with Crippen molar-refractivity contribution in [2.45, 2.75) is 41.5 Å². The Bertz CT molecular complexity index is 2400. The van der Waals surface area contributed by atoms with E-state index < -0.39 is 0 Å². The van der Waals surface area contributed by atoms with Crippen molar-refractivity contribution < 1.29 is 15.3 Å². The molecule has 4 heteroatoms. The molecule has 9 aromatic carbocycles. The van der Waals surface area contributed by atoms with Crippen LogP contribution < -0.4 is 0 Å². The van der Waals surface area contributed by atoms with Gasteiger partial charge in [-0.1, -0.05) is 234 Å². The van der Waals surface area contributed by atoms with E-state index in [-0.39, 0.29) is 17.4 Å². The highest BCUT2D eigenvalue weighted by Crippen LogP contribution is 2.40. The Morgan fingerprint density at radius 3 is 0.453 bits per heavy atom. The van der Waals surface area contributed by atoms with Crippen molar-refractivity contribution in [3.8, 4) is 84.0 Å². The minimum Gasteiger partial charge on any atom is -0.507 e. The summed E-state index contributed by atoms with van der Waals surface area (Å²) in [5.74, 6) is 1.01. The average Bonchev–Trinajstić information content (AvgIpc) is 3.29. The molecule has 64 heavy (non-hydrogen) atoms. The second-order valence-electron chi connectivity index (χ2n) is 16.3. The van der Waals surface area contributed by atoms with Crippen LogP contribution in [0.4, 0.5) is 0 Å². The third kappa shape index (κ3) is 11.3. The van der Waals surface area contributed by atoms with Crippen molar-refractivity contribution in [3.05, 3.63) is 234 Å². The van der Waals surface area contributed by atoms with E-state index >= 15 is 0 Å². The molecule has 0 atom stereocenters. The first-order valence-corrected chi connectivity index (χ1v) is 21.3. The van der Waals surface area contributed by atoms with Crippen LogP contribution in [0.3, 0.4) is 0 Å². The molecule has 0 aliphatic rings. The summed E-state index contributed by atoms with van der Waals surface area (Å²) in [6.45, 7) is 12.4. The van der Waals surface area contributed by atoms with E-state index in [1.54, 1.807) is 0 Å². The van der Waals surface area contributed by atoms with E-state index in [1.165, 1.54) is 33.4 Å². The van der Waals surface area contributed by atoms with Gasteiger partial charge in [-0.2, -0.15) is 0 Å². The van der Waals surface area contributed by atoms with Crippen LogP contribution in [0.15, 0.2) is 200 Å². The standard InChI is InChI=1S/3C20H18O.Al/c3*1-14-6-10-16(11-7-14)18-4-3-5-19(20(18)21)17-12-8-15(2)9-13-17;/h3*3-13,21H,1-2H3;. The van der Waals surface area contributed by atoms with Crippen molar-refractivity contribution in [1.29, 1.82) is 0 Å². The number of hydrogen-bond donors (Lipinski definition) is 3. The fourth-order valence-electron chi connectivity index (χ4n) is 7.43. The topological polar surface area (TPSA) is 60.7 Å². The minimum absolute atomic E-state index is 0. The zero-order valence-electron chi connectivity index (χ0n) is 37.5. The van der Waals surface area contributed by atoms with Gasteiger partial charge < -0.3 is 15.3 Å². The Balaban J connectivity index is 0.000000158. The monoisotopic (exact) mass is 849 g/mol. The van der Waals surface area contributed by atoms with Crippen LogP contribution in [0.1, 0.15) is 33.4 Å². The highest BCUT2D eigenvalue weighted by atomic mass is 27.0. The molecule has 3 radical (unpaired) electrons. The summed E-state index contributed by atoms with van der Waals surface area (Å²) < 4.78 is 0. The summed E-state index contributed by atoms with van der Waals surface area (Å²) in [6, 6.07) is 67.0. The third-order valence-electron chi connectivity index (χ3n) is 11.3. The zero-order chi connectivity index (χ0) is 44.5. The minimum atomic E-state index is 0. The van der Waals surface area contributed by atoms with Gasteiger partial charge in [-0.05, 0) is 74.9 Å². The molecule has 3 nitrogen and oxygen atoms in total. The Hall–Kier alpha value is -7.09.